The van der Waals surface area contributed by atoms with E-state index in [2.05, 4.69) is 5.32 Å². The van der Waals surface area contributed by atoms with Gasteiger partial charge in [-0.25, -0.2) is 0 Å². The summed E-state index contributed by atoms with van der Waals surface area (Å²) >= 11 is 4.84. The smallest absolute Gasteiger partial charge is 0.0757 e. The maximum atomic E-state index is 8.56. The van der Waals surface area contributed by atoms with Crippen molar-refractivity contribution in [3.63, 3.8) is 0 Å². The predicted octanol–water partition coefficient (Wildman–Crippen LogP) is 0.0581. The van der Waals surface area contributed by atoms with Crippen LogP contribution in [0.25, 0.3) is 0 Å². The van der Waals surface area contributed by atoms with Crippen LogP contribution in [-0.4, -0.2) is 22.7 Å². The fourth-order valence-corrected chi connectivity index (χ4v) is 1.10. The van der Waals surface area contributed by atoms with E-state index in [9.17, 15) is 0 Å². The number of hydrogen-bond donors (Lipinski definition) is 2. The molecule has 0 aromatic carbocycles. The molecule has 1 aliphatic heterocycles. The van der Waals surface area contributed by atoms with Gasteiger partial charge in [0.25, 0.3) is 0 Å². The van der Waals surface area contributed by atoms with Crippen molar-refractivity contribution in [1.29, 1.82) is 0 Å². The van der Waals surface area contributed by atoms with E-state index < -0.39 is 0 Å². The minimum absolute atomic E-state index is 0.208. The van der Waals surface area contributed by atoms with E-state index in [4.69, 9.17) is 17.3 Å². The molecule has 46 valence electrons. The van der Waals surface area contributed by atoms with E-state index in [-0.39, 0.29) is 12.6 Å². The molecule has 0 bridgehead atoms. The third-order valence-electron chi connectivity index (χ3n) is 1.31. The summed E-state index contributed by atoms with van der Waals surface area (Å²) in [7, 11) is 0. The number of rotatable bonds is 1. The Balaban J connectivity index is 2.32. The van der Waals surface area contributed by atoms with Gasteiger partial charge in [0.05, 0.1) is 17.6 Å². The summed E-state index contributed by atoms with van der Waals surface area (Å²) in [6.45, 7) is 0.208. The van der Waals surface area contributed by atoms with Gasteiger partial charge in [0.1, 0.15) is 0 Å². The lowest BCUT2D eigenvalue weighted by molar-refractivity contribution is 0.258. The van der Waals surface area contributed by atoms with Crippen molar-refractivity contribution in [3.05, 3.63) is 0 Å². The molecule has 0 radical (unpaired) electrons. The average Bonchev–Trinajstić information content (AvgIpc) is 2.14. The fraction of sp³-hybridized carbons (Fsp3) is 0.800. The predicted molar refractivity (Wildman–Crippen MR) is 35.8 cm³/mol. The molecule has 0 amide bonds. The van der Waals surface area contributed by atoms with Crippen molar-refractivity contribution in [2.45, 2.75) is 18.9 Å². The van der Waals surface area contributed by atoms with Crippen LogP contribution in [0, 0.1) is 0 Å². The van der Waals surface area contributed by atoms with Gasteiger partial charge in [0, 0.05) is 0 Å². The number of aliphatic hydroxyl groups excluding tert-OH is 1. The largest absolute Gasteiger partial charge is 0.394 e. The molecule has 0 saturated carbocycles. The number of thiocarbonyl (C=S) groups is 1. The Morgan fingerprint density at radius 2 is 2.62 bits per heavy atom. The Kier molecular flexibility index (Phi) is 1.81. The van der Waals surface area contributed by atoms with Crippen LogP contribution in [0.3, 0.4) is 0 Å². The highest BCUT2D eigenvalue weighted by Gasteiger charge is 2.15. The first-order chi connectivity index (χ1) is 3.83. The van der Waals surface area contributed by atoms with Crippen LogP contribution in [0.2, 0.25) is 0 Å². The second-order valence-electron chi connectivity index (χ2n) is 1.99. The van der Waals surface area contributed by atoms with Crippen molar-refractivity contribution in [1.82, 2.24) is 5.32 Å². The number of nitrogens with one attached hydrogen (secondary N) is 1. The molecule has 0 aromatic heterocycles. The van der Waals surface area contributed by atoms with Gasteiger partial charge in [0.2, 0.25) is 0 Å². The van der Waals surface area contributed by atoms with Crippen molar-refractivity contribution in [2.24, 2.45) is 0 Å². The second kappa shape index (κ2) is 2.42. The van der Waals surface area contributed by atoms with E-state index in [0.717, 1.165) is 17.8 Å². The lowest BCUT2D eigenvalue weighted by Crippen LogP contribution is -2.27. The Morgan fingerprint density at radius 1 is 1.88 bits per heavy atom. The molecule has 0 aromatic rings. The highest BCUT2D eigenvalue weighted by molar-refractivity contribution is 7.80. The topological polar surface area (TPSA) is 32.3 Å². The molecule has 1 aliphatic rings. The fourth-order valence-electron chi connectivity index (χ4n) is 0.814. The minimum atomic E-state index is 0.208. The molecule has 1 fully saturated rings. The molecule has 1 heterocycles. The zero-order valence-electron chi connectivity index (χ0n) is 4.55. The van der Waals surface area contributed by atoms with Crippen LogP contribution in [-0.2, 0) is 0 Å². The molecule has 0 aliphatic carbocycles. The van der Waals surface area contributed by atoms with Crippen LogP contribution < -0.4 is 5.32 Å². The lowest BCUT2D eigenvalue weighted by atomic mass is 10.2. The Labute approximate surface area is 53.9 Å². The standard InChI is InChI=1S/C5H9NOS/c7-3-4-1-2-5(8)6-4/h4,7H,1-3H2,(H,6,8)/t4-/m1/s1. The molecule has 1 saturated heterocycles. The van der Waals surface area contributed by atoms with E-state index in [1.54, 1.807) is 0 Å². The van der Waals surface area contributed by atoms with Crippen LogP contribution in [0.1, 0.15) is 12.8 Å². The van der Waals surface area contributed by atoms with Gasteiger partial charge < -0.3 is 10.4 Å². The van der Waals surface area contributed by atoms with Gasteiger partial charge in [-0.05, 0) is 12.8 Å². The van der Waals surface area contributed by atoms with E-state index in [1.165, 1.54) is 0 Å². The third kappa shape index (κ3) is 1.17. The Bertz CT molecular complexity index is 105. The van der Waals surface area contributed by atoms with Gasteiger partial charge in [-0.15, -0.1) is 0 Å². The monoisotopic (exact) mass is 131 g/mol. The zero-order chi connectivity index (χ0) is 5.98. The average molecular weight is 131 g/mol. The van der Waals surface area contributed by atoms with E-state index in [0.29, 0.717) is 0 Å². The SMILES string of the molecule is OC[C@H]1CCC(=S)N1. The summed E-state index contributed by atoms with van der Waals surface area (Å²) in [5.74, 6) is 0. The molecule has 1 atom stereocenters. The van der Waals surface area contributed by atoms with E-state index >= 15 is 0 Å². The van der Waals surface area contributed by atoms with Gasteiger partial charge in [0.15, 0.2) is 0 Å². The van der Waals surface area contributed by atoms with Gasteiger partial charge in [-0.3, -0.25) is 0 Å². The van der Waals surface area contributed by atoms with Crippen LogP contribution in [0.4, 0.5) is 0 Å². The summed E-state index contributed by atoms with van der Waals surface area (Å²) in [4.78, 5) is 0.893. The first-order valence-corrected chi connectivity index (χ1v) is 3.14. The third-order valence-corrected chi connectivity index (χ3v) is 1.63. The van der Waals surface area contributed by atoms with E-state index in [1.807, 2.05) is 0 Å². The Morgan fingerprint density at radius 3 is 2.88 bits per heavy atom. The summed E-state index contributed by atoms with van der Waals surface area (Å²) < 4.78 is 0. The number of aliphatic hydroxyl groups is 1. The Hall–Kier alpha value is -0.150. The summed E-state index contributed by atoms with van der Waals surface area (Å²) in [6, 6.07) is 0.238. The molecular weight excluding hydrogens is 122 g/mol. The molecule has 2 nitrogen and oxygen atoms in total. The molecule has 1 rings (SSSR count). The van der Waals surface area contributed by atoms with Crippen molar-refractivity contribution >= 4 is 17.2 Å². The summed E-state index contributed by atoms with van der Waals surface area (Å²) in [6.07, 6.45) is 1.94. The lowest BCUT2D eigenvalue weighted by Gasteiger charge is -2.03. The maximum absolute atomic E-state index is 8.56. The molecule has 2 N–H and O–H groups in total. The van der Waals surface area contributed by atoms with Gasteiger partial charge in [-0.1, -0.05) is 12.2 Å². The van der Waals surface area contributed by atoms with Gasteiger partial charge in [-0.2, -0.15) is 0 Å². The van der Waals surface area contributed by atoms with Crippen molar-refractivity contribution < 1.29 is 5.11 Å². The number of hydrogen-bond acceptors (Lipinski definition) is 2. The van der Waals surface area contributed by atoms with Crippen LogP contribution >= 0.6 is 12.2 Å². The minimum Gasteiger partial charge on any atom is -0.394 e. The molecular formula is C5H9NOS. The van der Waals surface area contributed by atoms with Crippen molar-refractivity contribution in [2.75, 3.05) is 6.61 Å². The summed E-state index contributed by atoms with van der Waals surface area (Å²) in [5, 5.41) is 11.5. The first-order valence-electron chi connectivity index (χ1n) is 2.73. The highest BCUT2D eigenvalue weighted by atomic mass is 32.1. The molecule has 3 heteroatoms. The summed E-state index contributed by atoms with van der Waals surface area (Å²) in [5.41, 5.74) is 0. The normalized spacial score (nSPS) is 28.1. The molecule has 0 spiro atoms. The zero-order valence-corrected chi connectivity index (χ0v) is 5.37. The quantitative estimate of drug-likeness (QED) is 0.493. The van der Waals surface area contributed by atoms with Crippen LogP contribution in [0.15, 0.2) is 0 Å². The molecule has 8 heavy (non-hydrogen) atoms. The van der Waals surface area contributed by atoms with Crippen LogP contribution in [0.5, 0.6) is 0 Å². The first kappa shape index (κ1) is 5.98. The highest BCUT2D eigenvalue weighted by Crippen LogP contribution is 2.05. The maximum Gasteiger partial charge on any atom is 0.0757 e. The molecule has 0 unspecified atom stereocenters. The van der Waals surface area contributed by atoms with Gasteiger partial charge >= 0.3 is 0 Å². The second-order valence-corrected chi connectivity index (χ2v) is 2.48. The van der Waals surface area contributed by atoms with Crippen molar-refractivity contribution in [3.8, 4) is 0 Å².